The van der Waals surface area contributed by atoms with Crippen molar-refractivity contribution < 1.29 is 9.53 Å². The average molecular weight is 269 g/mol. The summed E-state index contributed by atoms with van der Waals surface area (Å²) in [4.78, 5) is 19.9. The van der Waals surface area contributed by atoms with E-state index in [1.165, 1.54) is 13.3 Å². The summed E-state index contributed by atoms with van der Waals surface area (Å²) in [7, 11) is 1.35. The molecule has 0 radical (unpaired) electrons. The van der Waals surface area contributed by atoms with Gasteiger partial charge in [0.15, 0.2) is 0 Å². The average Bonchev–Trinajstić information content (AvgIpc) is 2.36. The molecular formula is C12H19N3O2S. The van der Waals surface area contributed by atoms with Gasteiger partial charge in [-0.05, 0) is 27.0 Å². The minimum atomic E-state index is -0.431. The quantitative estimate of drug-likeness (QED) is 0.826. The van der Waals surface area contributed by atoms with Crippen LogP contribution in [-0.2, 0) is 4.74 Å². The Labute approximate surface area is 112 Å². The van der Waals surface area contributed by atoms with Crippen LogP contribution in [0.4, 0.5) is 5.82 Å². The van der Waals surface area contributed by atoms with Crippen LogP contribution in [0.2, 0.25) is 0 Å². The van der Waals surface area contributed by atoms with Crippen LogP contribution >= 0.6 is 11.8 Å². The fourth-order valence-corrected chi connectivity index (χ4v) is 1.45. The third-order valence-corrected chi connectivity index (χ3v) is 3.80. The van der Waals surface area contributed by atoms with Crippen LogP contribution in [0.3, 0.4) is 0 Å². The molecule has 0 atom stereocenters. The predicted molar refractivity (Wildman–Crippen MR) is 74.2 cm³/mol. The van der Waals surface area contributed by atoms with E-state index < -0.39 is 5.97 Å². The van der Waals surface area contributed by atoms with Crippen molar-refractivity contribution in [2.45, 2.75) is 25.5 Å². The van der Waals surface area contributed by atoms with Gasteiger partial charge < -0.3 is 10.1 Å². The molecule has 0 aliphatic carbocycles. The topological polar surface area (TPSA) is 64.1 Å². The minimum Gasteiger partial charge on any atom is -0.465 e. The molecule has 0 aliphatic heterocycles. The van der Waals surface area contributed by atoms with E-state index in [0.717, 1.165) is 0 Å². The van der Waals surface area contributed by atoms with E-state index in [0.29, 0.717) is 23.8 Å². The molecule has 1 heterocycles. The number of rotatable bonds is 5. The second kappa shape index (κ2) is 6.04. The fourth-order valence-electron chi connectivity index (χ4n) is 1.23. The number of hydrogen-bond donors (Lipinski definition) is 1. The summed E-state index contributed by atoms with van der Waals surface area (Å²) in [6.45, 7) is 6.73. The number of thioether (sulfide) groups is 1. The Balaban J connectivity index is 2.93. The number of anilines is 1. The maximum Gasteiger partial charge on any atom is 0.343 e. The molecule has 1 N–H and O–H groups in total. The summed E-state index contributed by atoms with van der Waals surface area (Å²) < 4.78 is 4.77. The lowest BCUT2D eigenvalue weighted by Crippen LogP contribution is -2.27. The van der Waals surface area contributed by atoms with Crippen LogP contribution in [0.25, 0.3) is 0 Å². The molecule has 5 nitrogen and oxygen atoms in total. The Morgan fingerprint density at radius 1 is 1.56 bits per heavy atom. The van der Waals surface area contributed by atoms with Crippen molar-refractivity contribution in [3.05, 3.63) is 17.6 Å². The van der Waals surface area contributed by atoms with Gasteiger partial charge in [-0.3, -0.25) is 0 Å². The summed E-state index contributed by atoms with van der Waals surface area (Å²) in [6, 6.07) is 0. The minimum absolute atomic E-state index is 0.0618. The summed E-state index contributed by atoms with van der Waals surface area (Å²) in [5.74, 6) is 0.711. The van der Waals surface area contributed by atoms with Crippen LogP contribution in [0.5, 0.6) is 0 Å². The van der Waals surface area contributed by atoms with E-state index >= 15 is 0 Å². The standard InChI is InChI=1S/C12H19N3O2S/c1-8-13-6-9(11(16)17-4)10(15-8)14-7-12(2,3)18-5/h6H,7H2,1-5H3,(H,13,14,15). The number of carbonyl (C=O) groups excluding carboxylic acids is 1. The van der Waals surface area contributed by atoms with Gasteiger partial charge in [0.25, 0.3) is 0 Å². The second-order valence-electron chi connectivity index (χ2n) is 4.49. The predicted octanol–water partition coefficient (Wildman–Crippen LogP) is 2.13. The van der Waals surface area contributed by atoms with Crippen molar-refractivity contribution in [3.8, 4) is 0 Å². The van der Waals surface area contributed by atoms with E-state index in [-0.39, 0.29) is 4.75 Å². The first kappa shape index (κ1) is 14.8. The van der Waals surface area contributed by atoms with Crippen LogP contribution in [-0.4, -0.2) is 40.6 Å². The van der Waals surface area contributed by atoms with Gasteiger partial charge in [-0.15, -0.1) is 0 Å². The Morgan fingerprint density at radius 2 is 2.22 bits per heavy atom. The molecular weight excluding hydrogens is 250 g/mol. The van der Waals surface area contributed by atoms with E-state index in [9.17, 15) is 4.79 Å². The number of aromatic nitrogens is 2. The maximum atomic E-state index is 11.6. The first-order valence-electron chi connectivity index (χ1n) is 5.60. The van der Waals surface area contributed by atoms with E-state index in [4.69, 9.17) is 4.74 Å². The van der Waals surface area contributed by atoms with Gasteiger partial charge in [-0.2, -0.15) is 11.8 Å². The van der Waals surface area contributed by atoms with Gasteiger partial charge in [-0.1, -0.05) is 0 Å². The third kappa shape index (κ3) is 3.87. The van der Waals surface area contributed by atoms with Gasteiger partial charge in [0.05, 0.1) is 7.11 Å². The van der Waals surface area contributed by atoms with E-state index in [2.05, 4.69) is 29.1 Å². The van der Waals surface area contributed by atoms with E-state index in [1.54, 1.807) is 18.7 Å². The van der Waals surface area contributed by atoms with Gasteiger partial charge in [0, 0.05) is 17.5 Å². The maximum absolute atomic E-state index is 11.6. The fraction of sp³-hybridized carbons (Fsp3) is 0.583. The lowest BCUT2D eigenvalue weighted by molar-refractivity contribution is 0.0601. The van der Waals surface area contributed by atoms with Crippen molar-refractivity contribution in [1.82, 2.24) is 9.97 Å². The molecule has 0 bridgehead atoms. The monoisotopic (exact) mass is 269 g/mol. The molecule has 0 unspecified atom stereocenters. The molecule has 1 aromatic rings. The number of esters is 1. The molecule has 100 valence electrons. The highest BCUT2D eigenvalue weighted by molar-refractivity contribution is 7.99. The second-order valence-corrected chi connectivity index (χ2v) is 6.00. The Morgan fingerprint density at radius 3 is 2.78 bits per heavy atom. The number of methoxy groups -OCH3 is 1. The van der Waals surface area contributed by atoms with Crippen molar-refractivity contribution in [2.75, 3.05) is 25.2 Å². The SMILES string of the molecule is COC(=O)c1cnc(C)nc1NCC(C)(C)SC. The lowest BCUT2D eigenvalue weighted by atomic mass is 10.2. The van der Waals surface area contributed by atoms with E-state index in [1.807, 2.05) is 6.26 Å². The molecule has 6 heteroatoms. The van der Waals surface area contributed by atoms with Gasteiger partial charge in [0.2, 0.25) is 0 Å². The summed E-state index contributed by atoms with van der Waals surface area (Å²) in [5, 5.41) is 3.19. The van der Waals surface area contributed by atoms with Crippen LogP contribution in [0.1, 0.15) is 30.0 Å². The van der Waals surface area contributed by atoms with Crippen molar-refractivity contribution >= 4 is 23.5 Å². The molecule has 0 amide bonds. The zero-order valence-electron chi connectivity index (χ0n) is 11.4. The number of ether oxygens (including phenoxy) is 1. The smallest absolute Gasteiger partial charge is 0.343 e. The van der Waals surface area contributed by atoms with Crippen molar-refractivity contribution in [1.29, 1.82) is 0 Å². The zero-order valence-corrected chi connectivity index (χ0v) is 12.2. The third-order valence-electron chi connectivity index (χ3n) is 2.55. The van der Waals surface area contributed by atoms with Gasteiger partial charge in [-0.25, -0.2) is 14.8 Å². The molecule has 0 aromatic carbocycles. The van der Waals surface area contributed by atoms with Crippen molar-refractivity contribution in [3.63, 3.8) is 0 Å². The molecule has 1 rings (SSSR count). The molecule has 1 aromatic heterocycles. The molecule has 18 heavy (non-hydrogen) atoms. The highest BCUT2D eigenvalue weighted by atomic mass is 32.2. The number of nitrogens with zero attached hydrogens (tertiary/aromatic N) is 2. The summed E-state index contributed by atoms with van der Waals surface area (Å²) >= 11 is 1.75. The largest absolute Gasteiger partial charge is 0.465 e. The number of hydrogen-bond acceptors (Lipinski definition) is 6. The molecule has 0 spiro atoms. The molecule has 0 saturated carbocycles. The Hall–Kier alpha value is -1.30. The molecule has 0 aliphatic rings. The Bertz CT molecular complexity index is 435. The lowest BCUT2D eigenvalue weighted by Gasteiger charge is -2.23. The van der Waals surface area contributed by atoms with Crippen molar-refractivity contribution in [2.24, 2.45) is 0 Å². The Kier molecular flexibility index (Phi) is 4.95. The first-order chi connectivity index (χ1) is 8.39. The normalized spacial score (nSPS) is 11.2. The number of carbonyl (C=O) groups is 1. The van der Waals surface area contributed by atoms with Crippen LogP contribution in [0.15, 0.2) is 6.20 Å². The number of nitrogens with one attached hydrogen (secondary N) is 1. The molecule has 0 fully saturated rings. The zero-order chi connectivity index (χ0) is 13.8. The molecule has 0 saturated heterocycles. The summed E-state index contributed by atoms with van der Waals surface area (Å²) in [6.07, 6.45) is 3.54. The number of aryl methyl sites for hydroxylation is 1. The van der Waals surface area contributed by atoms with Gasteiger partial charge >= 0.3 is 5.97 Å². The van der Waals surface area contributed by atoms with Crippen LogP contribution in [0, 0.1) is 6.92 Å². The first-order valence-corrected chi connectivity index (χ1v) is 6.83. The summed E-state index contributed by atoms with van der Waals surface area (Å²) in [5.41, 5.74) is 0.361. The highest BCUT2D eigenvalue weighted by Gasteiger charge is 2.19. The van der Waals surface area contributed by atoms with Gasteiger partial charge in [0.1, 0.15) is 17.2 Å². The van der Waals surface area contributed by atoms with Crippen LogP contribution < -0.4 is 5.32 Å². The highest BCUT2D eigenvalue weighted by Crippen LogP contribution is 2.22.